The van der Waals surface area contributed by atoms with Crippen LogP contribution < -0.4 is 0 Å². The molecule has 0 bridgehead atoms. The standard InChI is InChI=1S/C10H10OS2/c11-6-5-8-3-4-10(13-8)9-2-1-7-12-9/h1-4,7,11H,5-6H2. The molecule has 68 valence electrons. The third-order valence-corrected chi connectivity index (χ3v) is 3.99. The first kappa shape index (κ1) is 8.94. The zero-order valence-corrected chi connectivity index (χ0v) is 8.70. The Morgan fingerprint density at radius 2 is 2.08 bits per heavy atom. The van der Waals surface area contributed by atoms with Crippen molar-refractivity contribution in [3.05, 3.63) is 34.5 Å². The normalized spacial score (nSPS) is 10.5. The largest absolute Gasteiger partial charge is 0.396 e. The van der Waals surface area contributed by atoms with Gasteiger partial charge >= 0.3 is 0 Å². The van der Waals surface area contributed by atoms with Gasteiger partial charge in [-0.1, -0.05) is 6.07 Å². The summed E-state index contributed by atoms with van der Waals surface area (Å²) < 4.78 is 0. The average molecular weight is 210 g/mol. The first-order chi connectivity index (χ1) is 6.40. The van der Waals surface area contributed by atoms with E-state index in [4.69, 9.17) is 5.11 Å². The van der Waals surface area contributed by atoms with Crippen molar-refractivity contribution in [2.24, 2.45) is 0 Å². The monoisotopic (exact) mass is 210 g/mol. The van der Waals surface area contributed by atoms with Crippen molar-refractivity contribution in [1.82, 2.24) is 0 Å². The zero-order valence-electron chi connectivity index (χ0n) is 7.06. The van der Waals surface area contributed by atoms with Gasteiger partial charge in [-0.2, -0.15) is 0 Å². The van der Waals surface area contributed by atoms with E-state index in [1.807, 2.05) is 0 Å². The van der Waals surface area contributed by atoms with Crippen LogP contribution in [0.4, 0.5) is 0 Å². The van der Waals surface area contributed by atoms with E-state index in [-0.39, 0.29) is 6.61 Å². The Kier molecular flexibility index (Phi) is 2.78. The number of hydrogen-bond donors (Lipinski definition) is 1. The van der Waals surface area contributed by atoms with Gasteiger partial charge in [0.1, 0.15) is 0 Å². The maximum absolute atomic E-state index is 8.77. The van der Waals surface area contributed by atoms with Crippen LogP contribution in [0.5, 0.6) is 0 Å². The van der Waals surface area contributed by atoms with Crippen LogP contribution in [-0.4, -0.2) is 11.7 Å². The number of thiophene rings is 2. The van der Waals surface area contributed by atoms with Gasteiger partial charge in [0, 0.05) is 27.7 Å². The average Bonchev–Trinajstić information content (AvgIpc) is 2.70. The second-order valence-electron chi connectivity index (χ2n) is 2.72. The molecule has 0 atom stereocenters. The van der Waals surface area contributed by atoms with E-state index in [0.29, 0.717) is 0 Å². The molecule has 0 saturated carbocycles. The molecule has 0 aliphatic heterocycles. The summed E-state index contributed by atoms with van der Waals surface area (Å²) in [5.74, 6) is 0. The summed E-state index contributed by atoms with van der Waals surface area (Å²) >= 11 is 3.52. The second kappa shape index (κ2) is 4.05. The highest BCUT2D eigenvalue weighted by atomic mass is 32.1. The summed E-state index contributed by atoms with van der Waals surface area (Å²) in [6.07, 6.45) is 0.774. The van der Waals surface area contributed by atoms with Crippen molar-refractivity contribution < 1.29 is 5.11 Å². The molecule has 0 spiro atoms. The Balaban J connectivity index is 2.23. The second-order valence-corrected chi connectivity index (χ2v) is 4.83. The van der Waals surface area contributed by atoms with Gasteiger partial charge in [-0.25, -0.2) is 0 Å². The Bertz CT molecular complexity index is 362. The van der Waals surface area contributed by atoms with E-state index in [2.05, 4.69) is 29.6 Å². The molecule has 13 heavy (non-hydrogen) atoms. The fraction of sp³-hybridized carbons (Fsp3) is 0.200. The highest BCUT2D eigenvalue weighted by molar-refractivity contribution is 7.21. The highest BCUT2D eigenvalue weighted by Crippen LogP contribution is 2.31. The Labute approximate surface area is 85.3 Å². The van der Waals surface area contributed by atoms with Crippen LogP contribution >= 0.6 is 22.7 Å². The van der Waals surface area contributed by atoms with Gasteiger partial charge in [0.05, 0.1) is 0 Å². The summed E-state index contributed by atoms with van der Waals surface area (Å²) in [5, 5.41) is 10.9. The lowest BCUT2D eigenvalue weighted by Gasteiger charge is -1.89. The molecule has 1 N–H and O–H groups in total. The molecule has 1 nitrogen and oxygen atoms in total. The number of rotatable bonds is 3. The third-order valence-electron chi connectivity index (χ3n) is 1.78. The molecular weight excluding hydrogens is 200 g/mol. The summed E-state index contributed by atoms with van der Waals surface area (Å²) in [4.78, 5) is 3.87. The van der Waals surface area contributed by atoms with E-state index in [9.17, 15) is 0 Å². The van der Waals surface area contributed by atoms with Gasteiger partial charge in [0.25, 0.3) is 0 Å². The third kappa shape index (κ3) is 1.99. The molecule has 0 aliphatic rings. The smallest absolute Gasteiger partial charge is 0.0479 e. The molecular formula is C10H10OS2. The van der Waals surface area contributed by atoms with Gasteiger partial charge in [-0.3, -0.25) is 0 Å². The van der Waals surface area contributed by atoms with E-state index in [1.165, 1.54) is 14.6 Å². The Hall–Kier alpha value is -0.640. The van der Waals surface area contributed by atoms with Gasteiger partial charge in [0.15, 0.2) is 0 Å². The van der Waals surface area contributed by atoms with Crippen LogP contribution in [0.15, 0.2) is 29.6 Å². The summed E-state index contributed by atoms with van der Waals surface area (Å²) in [7, 11) is 0. The Morgan fingerprint density at radius 3 is 2.77 bits per heavy atom. The van der Waals surface area contributed by atoms with Crippen LogP contribution in [0.25, 0.3) is 9.75 Å². The van der Waals surface area contributed by atoms with E-state index >= 15 is 0 Å². The van der Waals surface area contributed by atoms with Crippen LogP contribution in [-0.2, 0) is 6.42 Å². The first-order valence-electron chi connectivity index (χ1n) is 4.13. The molecule has 2 aromatic rings. The minimum atomic E-state index is 0.240. The van der Waals surface area contributed by atoms with Crippen molar-refractivity contribution in [2.75, 3.05) is 6.61 Å². The molecule has 0 aliphatic carbocycles. The maximum atomic E-state index is 8.77. The van der Waals surface area contributed by atoms with Crippen molar-refractivity contribution >= 4 is 22.7 Å². The zero-order chi connectivity index (χ0) is 9.10. The maximum Gasteiger partial charge on any atom is 0.0479 e. The van der Waals surface area contributed by atoms with Crippen molar-refractivity contribution in [1.29, 1.82) is 0 Å². The van der Waals surface area contributed by atoms with Gasteiger partial charge < -0.3 is 5.11 Å². The highest BCUT2D eigenvalue weighted by Gasteiger charge is 2.02. The predicted octanol–water partition coefficient (Wildman–Crippen LogP) is 3.01. The first-order valence-corrected chi connectivity index (χ1v) is 5.83. The van der Waals surface area contributed by atoms with E-state index < -0.39 is 0 Å². The molecule has 2 aromatic heterocycles. The predicted molar refractivity (Wildman–Crippen MR) is 58.4 cm³/mol. The summed E-state index contributed by atoms with van der Waals surface area (Å²) in [5.41, 5.74) is 0. The van der Waals surface area contributed by atoms with Gasteiger partial charge in [-0.15, -0.1) is 22.7 Å². The van der Waals surface area contributed by atoms with Crippen LogP contribution in [0.1, 0.15) is 4.88 Å². The fourth-order valence-corrected chi connectivity index (χ4v) is 3.00. The summed E-state index contributed by atoms with van der Waals surface area (Å²) in [6.45, 7) is 0.240. The molecule has 0 fully saturated rings. The number of aliphatic hydroxyl groups is 1. The van der Waals surface area contributed by atoms with Crippen molar-refractivity contribution in [3.63, 3.8) is 0 Å². The molecule has 0 amide bonds. The fourth-order valence-electron chi connectivity index (χ4n) is 1.17. The van der Waals surface area contributed by atoms with Crippen LogP contribution in [0.2, 0.25) is 0 Å². The lowest BCUT2D eigenvalue weighted by molar-refractivity contribution is 0.300. The molecule has 0 radical (unpaired) electrons. The topological polar surface area (TPSA) is 20.2 Å². The number of hydrogen-bond acceptors (Lipinski definition) is 3. The molecule has 0 unspecified atom stereocenters. The van der Waals surface area contributed by atoms with Crippen LogP contribution in [0, 0.1) is 0 Å². The quantitative estimate of drug-likeness (QED) is 0.825. The molecule has 2 heterocycles. The van der Waals surface area contributed by atoms with Gasteiger partial charge in [-0.05, 0) is 23.6 Å². The molecule has 0 aromatic carbocycles. The van der Waals surface area contributed by atoms with Gasteiger partial charge in [0.2, 0.25) is 0 Å². The molecule has 0 saturated heterocycles. The Morgan fingerprint density at radius 1 is 1.15 bits per heavy atom. The van der Waals surface area contributed by atoms with Crippen molar-refractivity contribution in [3.8, 4) is 9.75 Å². The van der Waals surface area contributed by atoms with Crippen molar-refractivity contribution in [2.45, 2.75) is 6.42 Å². The lowest BCUT2D eigenvalue weighted by Crippen LogP contribution is -1.84. The lowest BCUT2D eigenvalue weighted by atomic mass is 10.3. The minimum Gasteiger partial charge on any atom is -0.396 e. The summed E-state index contributed by atoms with van der Waals surface area (Å²) in [6, 6.07) is 8.40. The minimum absolute atomic E-state index is 0.240. The van der Waals surface area contributed by atoms with E-state index in [1.54, 1.807) is 22.7 Å². The molecule has 2 rings (SSSR count). The van der Waals surface area contributed by atoms with E-state index in [0.717, 1.165) is 6.42 Å². The molecule has 3 heteroatoms. The SMILES string of the molecule is OCCc1ccc(-c2cccs2)s1. The number of aliphatic hydroxyl groups excluding tert-OH is 1. The van der Waals surface area contributed by atoms with Crippen LogP contribution in [0.3, 0.4) is 0 Å².